The average molecular weight is 128 g/mol. The molecule has 0 aliphatic heterocycles. The third-order valence-corrected chi connectivity index (χ3v) is 0.954. The minimum atomic E-state index is 0.446. The highest BCUT2D eigenvalue weighted by Crippen LogP contribution is 1.97. The van der Waals surface area contributed by atoms with Crippen LogP contribution in [0.5, 0.6) is 0 Å². The molecule has 0 amide bonds. The van der Waals surface area contributed by atoms with Crippen LogP contribution in [0.15, 0.2) is 11.8 Å². The summed E-state index contributed by atoms with van der Waals surface area (Å²) in [7, 11) is 0. The Hall–Kier alpha value is -0.790. The predicted octanol–water partition coefficient (Wildman–Crippen LogP) is 1.86. The summed E-state index contributed by atoms with van der Waals surface area (Å²) in [6.07, 6.45) is 3.95. The average Bonchev–Trinajstić information content (AvgIpc) is 1.85. The molecule has 0 bridgehead atoms. The van der Waals surface area contributed by atoms with Gasteiger partial charge >= 0.3 is 0 Å². The number of ether oxygens (including phenoxy) is 1. The fourth-order valence-electron chi connectivity index (χ4n) is 0.472. The molecule has 0 heterocycles. The van der Waals surface area contributed by atoms with E-state index in [1.54, 1.807) is 6.92 Å². The van der Waals surface area contributed by atoms with Crippen LogP contribution in [0, 0.1) is 0 Å². The molecule has 2 heteroatoms. The summed E-state index contributed by atoms with van der Waals surface area (Å²) in [6.45, 7) is 4.29. The van der Waals surface area contributed by atoms with E-state index in [9.17, 15) is 4.79 Å². The third-order valence-electron chi connectivity index (χ3n) is 0.954. The van der Waals surface area contributed by atoms with E-state index in [0.717, 1.165) is 12.8 Å². The molecule has 0 rings (SSSR count). The molecule has 0 aliphatic carbocycles. The van der Waals surface area contributed by atoms with Crippen molar-refractivity contribution in [3.63, 3.8) is 0 Å². The van der Waals surface area contributed by atoms with Gasteiger partial charge < -0.3 is 4.74 Å². The molecule has 0 N–H and O–H groups in total. The van der Waals surface area contributed by atoms with Crippen molar-refractivity contribution in [1.29, 1.82) is 0 Å². The van der Waals surface area contributed by atoms with Crippen molar-refractivity contribution in [2.75, 3.05) is 0 Å². The number of unbranched alkanes of at least 4 members (excludes halogenated alkanes) is 1. The van der Waals surface area contributed by atoms with Crippen molar-refractivity contribution >= 4 is 6.47 Å². The second-order valence-electron chi connectivity index (χ2n) is 1.82. The van der Waals surface area contributed by atoms with E-state index in [4.69, 9.17) is 0 Å². The zero-order valence-corrected chi connectivity index (χ0v) is 5.89. The Morgan fingerprint density at radius 1 is 1.67 bits per heavy atom. The quantitative estimate of drug-likeness (QED) is 0.426. The van der Waals surface area contributed by atoms with Crippen LogP contribution in [0.3, 0.4) is 0 Å². The Morgan fingerprint density at radius 2 is 2.33 bits per heavy atom. The molecule has 0 aromatic heterocycles. The van der Waals surface area contributed by atoms with Crippen LogP contribution in [0.1, 0.15) is 26.7 Å². The van der Waals surface area contributed by atoms with E-state index in [1.807, 2.05) is 6.08 Å². The lowest BCUT2D eigenvalue weighted by molar-refractivity contribution is -0.125. The first-order valence-electron chi connectivity index (χ1n) is 3.08. The van der Waals surface area contributed by atoms with Crippen LogP contribution >= 0.6 is 0 Å². The summed E-state index contributed by atoms with van der Waals surface area (Å²) in [4.78, 5) is 9.72. The summed E-state index contributed by atoms with van der Waals surface area (Å²) >= 11 is 0. The third kappa shape index (κ3) is 5.07. The molecule has 0 saturated carbocycles. The largest absolute Gasteiger partial charge is 0.434 e. The topological polar surface area (TPSA) is 26.3 Å². The summed E-state index contributed by atoms with van der Waals surface area (Å²) in [5, 5.41) is 0. The van der Waals surface area contributed by atoms with E-state index in [1.165, 1.54) is 0 Å². The number of allylic oxidation sites excluding steroid dienone is 2. The molecule has 0 fully saturated rings. The maximum Gasteiger partial charge on any atom is 0.298 e. The Kier molecular flexibility index (Phi) is 4.88. The molecular weight excluding hydrogens is 116 g/mol. The van der Waals surface area contributed by atoms with Gasteiger partial charge in [-0.1, -0.05) is 13.3 Å². The molecular formula is C7H12O2. The Morgan fingerprint density at radius 3 is 2.78 bits per heavy atom. The number of rotatable bonds is 4. The van der Waals surface area contributed by atoms with Crippen molar-refractivity contribution in [3.8, 4) is 0 Å². The lowest BCUT2D eigenvalue weighted by atomic mass is 10.3. The van der Waals surface area contributed by atoms with Gasteiger partial charge in [0.15, 0.2) is 0 Å². The van der Waals surface area contributed by atoms with Crippen molar-refractivity contribution in [2.45, 2.75) is 26.7 Å². The molecule has 9 heavy (non-hydrogen) atoms. The van der Waals surface area contributed by atoms with Crippen LogP contribution in [-0.4, -0.2) is 6.47 Å². The molecule has 0 saturated heterocycles. The maximum atomic E-state index is 9.72. The van der Waals surface area contributed by atoms with E-state index in [0.29, 0.717) is 12.2 Å². The lowest BCUT2D eigenvalue weighted by Gasteiger charge is -1.93. The zero-order chi connectivity index (χ0) is 7.11. The van der Waals surface area contributed by atoms with Gasteiger partial charge in [-0.2, -0.15) is 0 Å². The van der Waals surface area contributed by atoms with E-state index in [-0.39, 0.29) is 0 Å². The van der Waals surface area contributed by atoms with Crippen molar-refractivity contribution in [3.05, 3.63) is 11.8 Å². The Labute approximate surface area is 55.5 Å². The fraction of sp³-hybridized carbons (Fsp3) is 0.571. The molecule has 0 aromatic carbocycles. The molecule has 2 nitrogen and oxygen atoms in total. The number of hydrogen-bond donors (Lipinski definition) is 0. The highest BCUT2D eigenvalue weighted by Gasteiger charge is 1.83. The van der Waals surface area contributed by atoms with Gasteiger partial charge in [0.25, 0.3) is 6.47 Å². The van der Waals surface area contributed by atoms with Gasteiger partial charge in [-0.25, -0.2) is 0 Å². The van der Waals surface area contributed by atoms with E-state index < -0.39 is 0 Å². The van der Waals surface area contributed by atoms with Crippen molar-refractivity contribution < 1.29 is 9.53 Å². The molecule has 0 unspecified atom stereocenters. The summed E-state index contributed by atoms with van der Waals surface area (Å²) in [5.74, 6) is 0.687. The van der Waals surface area contributed by atoms with Gasteiger partial charge in [0.2, 0.25) is 0 Å². The van der Waals surface area contributed by atoms with Gasteiger partial charge in [-0.3, -0.25) is 4.79 Å². The van der Waals surface area contributed by atoms with Gasteiger partial charge in [0.05, 0.1) is 0 Å². The van der Waals surface area contributed by atoms with Gasteiger partial charge in [-0.15, -0.1) is 0 Å². The number of carbonyl (C=O) groups is 1. The first kappa shape index (κ1) is 8.21. The summed E-state index contributed by atoms with van der Waals surface area (Å²) in [5.41, 5.74) is 0. The highest BCUT2D eigenvalue weighted by atomic mass is 16.5. The standard InChI is InChI=1S/C7H12O2/c1-3-4-5-7(2)9-6-8/h5-6H,3-4H2,1-2H3. The summed E-state index contributed by atoms with van der Waals surface area (Å²) < 4.78 is 4.52. The Bertz CT molecular complexity index is 105. The molecule has 0 aliphatic rings. The lowest BCUT2D eigenvalue weighted by Crippen LogP contribution is -1.82. The van der Waals surface area contributed by atoms with Gasteiger partial charge in [0.1, 0.15) is 5.76 Å². The van der Waals surface area contributed by atoms with Gasteiger partial charge in [0, 0.05) is 0 Å². The van der Waals surface area contributed by atoms with Crippen molar-refractivity contribution in [1.82, 2.24) is 0 Å². The fourth-order valence-corrected chi connectivity index (χ4v) is 0.472. The van der Waals surface area contributed by atoms with Gasteiger partial charge in [-0.05, 0) is 19.4 Å². The van der Waals surface area contributed by atoms with E-state index in [2.05, 4.69) is 11.7 Å². The van der Waals surface area contributed by atoms with Crippen LogP contribution < -0.4 is 0 Å². The minimum absolute atomic E-state index is 0.446. The molecule has 52 valence electrons. The van der Waals surface area contributed by atoms with Crippen molar-refractivity contribution in [2.24, 2.45) is 0 Å². The second kappa shape index (κ2) is 5.35. The zero-order valence-electron chi connectivity index (χ0n) is 5.89. The first-order chi connectivity index (χ1) is 4.31. The molecule has 0 spiro atoms. The summed E-state index contributed by atoms with van der Waals surface area (Å²) in [6, 6.07) is 0. The smallest absolute Gasteiger partial charge is 0.298 e. The molecule has 0 aromatic rings. The van der Waals surface area contributed by atoms with Crippen LogP contribution in [0.2, 0.25) is 0 Å². The monoisotopic (exact) mass is 128 g/mol. The Balaban J connectivity index is 3.42. The highest BCUT2D eigenvalue weighted by molar-refractivity contribution is 5.39. The maximum absolute atomic E-state index is 9.72. The normalized spacial score (nSPS) is 11.1. The number of hydrogen-bond acceptors (Lipinski definition) is 2. The second-order valence-corrected chi connectivity index (χ2v) is 1.82. The predicted molar refractivity (Wildman–Crippen MR) is 35.8 cm³/mol. The number of carbonyl (C=O) groups excluding carboxylic acids is 1. The first-order valence-corrected chi connectivity index (χ1v) is 3.08. The minimum Gasteiger partial charge on any atom is -0.434 e. The SMILES string of the molecule is CCCC=C(C)OC=O. The van der Waals surface area contributed by atoms with Crippen LogP contribution in [0.4, 0.5) is 0 Å². The molecule has 0 atom stereocenters. The van der Waals surface area contributed by atoms with E-state index >= 15 is 0 Å². The molecule has 0 radical (unpaired) electrons. The van der Waals surface area contributed by atoms with Crippen LogP contribution in [-0.2, 0) is 9.53 Å². The van der Waals surface area contributed by atoms with Crippen LogP contribution in [0.25, 0.3) is 0 Å².